The third kappa shape index (κ3) is 5.21. The summed E-state index contributed by atoms with van der Waals surface area (Å²) in [5.41, 5.74) is 0.244. The van der Waals surface area contributed by atoms with Crippen LogP contribution in [0.2, 0.25) is 5.02 Å². The highest BCUT2D eigenvalue weighted by Crippen LogP contribution is 2.50. The van der Waals surface area contributed by atoms with Crippen molar-refractivity contribution in [3.63, 3.8) is 0 Å². The van der Waals surface area contributed by atoms with E-state index in [4.69, 9.17) is 11.6 Å². The van der Waals surface area contributed by atoms with E-state index in [1.165, 1.54) is 4.90 Å². The summed E-state index contributed by atoms with van der Waals surface area (Å²) in [7, 11) is 0. The molecule has 38 heavy (non-hydrogen) atoms. The fourth-order valence-corrected chi connectivity index (χ4v) is 6.39. The number of aromatic nitrogens is 1. The van der Waals surface area contributed by atoms with E-state index < -0.39 is 35.2 Å². The summed E-state index contributed by atoms with van der Waals surface area (Å²) < 4.78 is 28.0. The third-order valence-corrected chi connectivity index (χ3v) is 8.66. The molecule has 0 radical (unpaired) electrons. The van der Waals surface area contributed by atoms with Crippen LogP contribution in [0.4, 0.5) is 8.78 Å². The van der Waals surface area contributed by atoms with E-state index >= 15 is 0 Å². The van der Waals surface area contributed by atoms with E-state index in [2.05, 4.69) is 21.7 Å². The van der Waals surface area contributed by atoms with Gasteiger partial charge < -0.3 is 20.5 Å². The van der Waals surface area contributed by atoms with Gasteiger partial charge in [-0.1, -0.05) is 23.7 Å². The number of alkyl halides is 2. The van der Waals surface area contributed by atoms with Gasteiger partial charge in [0.2, 0.25) is 17.7 Å². The molecule has 5 rings (SSSR count). The van der Waals surface area contributed by atoms with Crippen LogP contribution in [0.25, 0.3) is 10.9 Å². The third-order valence-electron chi connectivity index (χ3n) is 8.34. The second-order valence-corrected chi connectivity index (χ2v) is 11.4. The van der Waals surface area contributed by atoms with Crippen molar-refractivity contribution in [1.82, 2.24) is 20.5 Å². The minimum Gasteiger partial charge on any atom is -0.356 e. The first-order valence-electron chi connectivity index (χ1n) is 13.0. The largest absolute Gasteiger partial charge is 0.356 e. The number of halogens is 3. The number of rotatable bonds is 5. The zero-order valence-corrected chi connectivity index (χ0v) is 21.6. The number of benzene rings is 1. The van der Waals surface area contributed by atoms with Crippen LogP contribution in [0.1, 0.15) is 61.9 Å². The van der Waals surface area contributed by atoms with Crippen molar-refractivity contribution in [3.05, 3.63) is 35.0 Å². The maximum absolute atomic E-state index is 14.0. The van der Waals surface area contributed by atoms with Crippen LogP contribution in [0, 0.1) is 22.7 Å². The molecule has 11 heteroatoms. The van der Waals surface area contributed by atoms with Gasteiger partial charge in [0.05, 0.1) is 16.6 Å². The maximum atomic E-state index is 14.0. The molecular weight excluding hydrogens is 516 g/mol. The predicted molar refractivity (Wildman–Crippen MR) is 136 cm³/mol. The molecule has 3 fully saturated rings. The van der Waals surface area contributed by atoms with Crippen LogP contribution in [0.15, 0.2) is 24.3 Å². The Labute approximate surface area is 224 Å². The first kappa shape index (κ1) is 26.4. The van der Waals surface area contributed by atoms with Crippen LogP contribution in [-0.2, 0) is 9.59 Å². The lowest BCUT2D eigenvalue weighted by atomic mass is 9.71. The number of para-hydroxylation sites is 1. The fourth-order valence-electron chi connectivity index (χ4n) is 6.16. The van der Waals surface area contributed by atoms with Gasteiger partial charge >= 0.3 is 0 Å². The van der Waals surface area contributed by atoms with Crippen molar-refractivity contribution >= 4 is 40.2 Å². The van der Waals surface area contributed by atoms with Gasteiger partial charge in [0, 0.05) is 37.2 Å². The van der Waals surface area contributed by atoms with Crippen LogP contribution in [0.3, 0.4) is 0 Å². The molecule has 1 spiro atoms. The average molecular weight is 546 g/mol. The number of carbonyl (C=O) groups is 3. The lowest BCUT2D eigenvalue weighted by Gasteiger charge is -2.36. The number of nitriles is 1. The van der Waals surface area contributed by atoms with E-state index in [1.807, 2.05) is 6.07 Å². The second-order valence-electron chi connectivity index (χ2n) is 11.0. The summed E-state index contributed by atoms with van der Waals surface area (Å²) in [5, 5.41) is 16.4. The van der Waals surface area contributed by atoms with Crippen molar-refractivity contribution in [2.75, 3.05) is 13.1 Å². The van der Waals surface area contributed by atoms with Gasteiger partial charge in [0.15, 0.2) is 0 Å². The Kier molecular flexibility index (Phi) is 7.07. The Bertz CT molecular complexity index is 1300. The minimum atomic E-state index is -2.75. The summed E-state index contributed by atoms with van der Waals surface area (Å²) in [5.74, 6) is -4.20. The van der Waals surface area contributed by atoms with E-state index in [1.54, 1.807) is 18.2 Å². The van der Waals surface area contributed by atoms with Crippen LogP contribution < -0.4 is 10.6 Å². The fraction of sp³-hybridized carbons (Fsp3) is 0.556. The molecule has 0 unspecified atom stereocenters. The summed E-state index contributed by atoms with van der Waals surface area (Å²) >= 11 is 6.27. The molecule has 1 aliphatic carbocycles. The van der Waals surface area contributed by atoms with Crippen molar-refractivity contribution < 1.29 is 23.2 Å². The van der Waals surface area contributed by atoms with Crippen molar-refractivity contribution in [2.24, 2.45) is 11.3 Å². The summed E-state index contributed by atoms with van der Waals surface area (Å²) in [6.45, 7) is 0.767. The van der Waals surface area contributed by atoms with Gasteiger partial charge in [0.25, 0.3) is 5.91 Å². The molecule has 3 atom stereocenters. The highest BCUT2D eigenvalue weighted by atomic mass is 35.5. The first-order chi connectivity index (χ1) is 18.1. The molecule has 1 aromatic carbocycles. The van der Waals surface area contributed by atoms with Crippen LogP contribution in [-0.4, -0.2) is 58.7 Å². The standard InChI is InChI=1S/C27H30ClF2N5O3/c28-19-5-1-3-16-12-20(34-22(16)19)25(38)35-15-26(6-8-27(29,30)9-7-26)13-21(35)24(37)33-18(14-31)11-17-4-2-10-32-23(17)36/h1,3,5,12,17-18,21,34H,2,4,6-11,13,15H2,(H,32,36)(H,33,37)/t17-,18-,21-/m0/s1. The highest BCUT2D eigenvalue weighted by molar-refractivity contribution is 6.35. The number of carbonyl (C=O) groups excluding carboxylic acids is 3. The van der Waals surface area contributed by atoms with Crippen molar-refractivity contribution in [1.29, 1.82) is 5.26 Å². The van der Waals surface area contributed by atoms with Gasteiger partial charge in [-0.3, -0.25) is 14.4 Å². The average Bonchev–Trinajstić information content (AvgIpc) is 3.50. The molecule has 3 heterocycles. The topological polar surface area (TPSA) is 118 Å². The molecule has 2 saturated heterocycles. The Balaban J connectivity index is 1.38. The predicted octanol–water partition coefficient (Wildman–Crippen LogP) is 4.16. The van der Waals surface area contributed by atoms with E-state index in [9.17, 15) is 28.4 Å². The van der Waals surface area contributed by atoms with E-state index in [-0.39, 0.29) is 62.6 Å². The second kappa shape index (κ2) is 10.2. The van der Waals surface area contributed by atoms with E-state index in [0.717, 1.165) is 11.8 Å². The molecule has 3 amide bonds. The molecule has 1 aromatic heterocycles. The molecule has 2 aromatic rings. The molecule has 2 aliphatic heterocycles. The minimum absolute atomic E-state index is 0.136. The van der Waals surface area contributed by atoms with Crippen molar-refractivity contribution in [2.45, 2.75) is 69.4 Å². The number of nitrogens with zero attached hydrogens (tertiary/aromatic N) is 2. The van der Waals surface area contributed by atoms with E-state index in [0.29, 0.717) is 23.5 Å². The van der Waals surface area contributed by atoms with Crippen LogP contribution >= 0.6 is 11.6 Å². The normalized spacial score (nSPS) is 25.1. The quantitative estimate of drug-likeness (QED) is 0.523. The zero-order valence-electron chi connectivity index (χ0n) is 20.9. The molecule has 8 nitrogen and oxygen atoms in total. The number of hydrogen-bond acceptors (Lipinski definition) is 4. The number of hydrogen-bond donors (Lipinski definition) is 3. The molecule has 202 valence electrons. The maximum Gasteiger partial charge on any atom is 0.271 e. The number of amides is 3. The lowest BCUT2D eigenvalue weighted by molar-refractivity contribution is -0.128. The smallest absolute Gasteiger partial charge is 0.271 e. The molecule has 3 N–H and O–H groups in total. The van der Waals surface area contributed by atoms with Crippen LogP contribution in [0.5, 0.6) is 0 Å². The molecule has 1 saturated carbocycles. The van der Waals surface area contributed by atoms with Gasteiger partial charge in [0.1, 0.15) is 17.8 Å². The number of nitrogens with one attached hydrogen (secondary N) is 3. The Hall–Kier alpha value is -3.19. The summed E-state index contributed by atoms with van der Waals surface area (Å²) in [6, 6.07) is 7.18. The molecule has 0 bridgehead atoms. The number of likely N-dealkylation sites (tertiary alicyclic amines) is 1. The summed E-state index contributed by atoms with van der Waals surface area (Å²) in [4.78, 5) is 43.9. The zero-order chi connectivity index (χ0) is 27.1. The number of aromatic amines is 1. The number of H-pyrrole nitrogens is 1. The van der Waals surface area contributed by atoms with Crippen molar-refractivity contribution in [3.8, 4) is 6.07 Å². The molecular formula is C27H30ClF2N5O3. The Morgan fingerprint density at radius 2 is 2.03 bits per heavy atom. The molecule has 3 aliphatic rings. The monoisotopic (exact) mass is 545 g/mol. The Morgan fingerprint density at radius 1 is 1.26 bits per heavy atom. The number of piperidine rings is 1. The first-order valence-corrected chi connectivity index (χ1v) is 13.4. The van der Waals surface area contributed by atoms with Gasteiger partial charge in [-0.25, -0.2) is 8.78 Å². The number of fused-ring (bicyclic) bond motifs is 1. The lowest BCUT2D eigenvalue weighted by Crippen LogP contribution is -2.49. The van der Waals surface area contributed by atoms with Gasteiger partial charge in [-0.05, 0) is 56.1 Å². The highest BCUT2D eigenvalue weighted by Gasteiger charge is 2.53. The SMILES string of the molecule is N#C[C@H](C[C@@H]1CCCNC1=O)NC(=O)[C@@H]1CC2(CCC(F)(F)CC2)CN1C(=O)c1cc2cccc(Cl)c2[nH]1. The summed E-state index contributed by atoms with van der Waals surface area (Å²) in [6.07, 6.45) is 1.68. The van der Waals surface area contributed by atoms with Gasteiger partial charge in [-0.2, -0.15) is 5.26 Å². The Morgan fingerprint density at radius 3 is 2.71 bits per heavy atom. The van der Waals surface area contributed by atoms with Gasteiger partial charge in [-0.15, -0.1) is 0 Å².